The van der Waals surface area contributed by atoms with E-state index in [1.54, 1.807) is 12.1 Å². The highest BCUT2D eigenvalue weighted by atomic mass is 32.2. The van der Waals surface area contributed by atoms with Crippen molar-refractivity contribution >= 4 is 37.4 Å². The summed E-state index contributed by atoms with van der Waals surface area (Å²) in [5.74, 6) is -2.37. The number of aromatic nitrogens is 2. The van der Waals surface area contributed by atoms with Crippen molar-refractivity contribution in [2.75, 3.05) is 17.6 Å². The molecule has 0 saturated heterocycles. The molecule has 4 aromatic rings. The molecule has 4 rings (SSSR count). The van der Waals surface area contributed by atoms with Crippen LogP contribution >= 0.6 is 0 Å². The van der Waals surface area contributed by atoms with Gasteiger partial charge in [-0.2, -0.15) is 13.2 Å². The summed E-state index contributed by atoms with van der Waals surface area (Å²) < 4.78 is 79.5. The van der Waals surface area contributed by atoms with Gasteiger partial charge in [-0.05, 0) is 29.8 Å². The number of sulfonamides is 1. The van der Waals surface area contributed by atoms with Crippen LogP contribution in [0.25, 0.3) is 21.7 Å². The number of benzene rings is 2. The zero-order valence-corrected chi connectivity index (χ0v) is 18.0. The summed E-state index contributed by atoms with van der Waals surface area (Å²) in [6, 6.07) is 5.53. The van der Waals surface area contributed by atoms with Gasteiger partial charge in [0.25, 0.3) is 0 Å². The summed E-state index contributed by atoms with van der Waals surface area (Å²) in [7, 11) is -2.49. The lowest BCUT2D eigenvalue weighted by Crippen LogP contribution is -2.25. The summed E-state index contributed by atoms with van der Waals surface area (Å²) in [6.45, 7) is -0.310. The minimum absolute atomic E-state index is 0.0273. The number of phenols is 1. The largest absolute Gasteiger partial charge is 0.505 e. The Kier molecular flexibility index (Phi) is 5.15. The first-order chi connectivity index (χ1) is 15.3. The Morgan fingerprint density at radius 1 is 1.15 bits per heavy atom. The number of rotatable bonds is 4. The first-order valence-electron chi connectivity index (χ1n) is 9.41. The summed E-state index contributed by atoms with van der Waals surface area (Å²) in [6.07, 6.45) is -1.24. The zero-order chi connectivity index (χ0) is 24.3. The highest BCUT2D eigenvalue weighted by molar-refractivity contribution is 7.92. The number of alkyl halides is 3. The quantitative estimate of drug-likeness (QED) is 0.424. The van der Waals surface area contributed by atoms with E-state index in [1.807, 2.05) is 0 Å². The molecule has 2 aromatic carbocycles. The van der Waals surface area contributed by atoms with E-state index in [1.165, 1.54) is 19.4 Å². The normalized spacial score (nSPS) is 12.5. The lowest BCUT2D eigenvalue weighted by Gasteiger charge is -2.20. The highest BCUT2D eigenvalue weighted by Crippen LogP contribution is 2.46. The number of hydrogen-bond acceptors (Lipinski definition) is 5. The fourth-order valence-electron chi connectivity index (χ4n) is 3.72. The lowest BCUT2D eigenvalue weighted by atomic mass is 10.1. The molecule has 0 aliphatic carbocycles. The molecule has 2 heterocycles. The Bertz CT molecular complexity index is 1510. The predicted octanol–water partition coefficient (Wildman–Crippen LogP) is 4.20. The van der Waals surface area contributed by atoms with Gasteiger partial charge in [0.15, 0.2) is 5.75 Å². The van der Waals surface area contributed by atoms with Crippen LogP contribution in [0.5, 0.6) is 11.6 Å². The van der Waals surface area contributed by atoms with Crippen LogP contribution in [0, 0.1) is 5.82 Å². The van der Waals surface area contributed by atoms with Gasteiger partial charge in [-0.25, -0.2) is 12.8 Å². The highest BCUT2D eigenvalue weighted by Gasteiger charge is 2.34. The molecule has 0 bridgehead atoms. The van der Waals surface area contributed by atoms with Crippen LogP contribution in [0.3, 0.4) is 0 Å². The van der Waals surface area contributed by atoms with Crippen molar-refractivity contribution < 1.29 is 36.2 Å². The van der Waals surface area contributed by atoms with Crippen molar-refractivity contribution in [2.24, 2.45) is 0 Å². The van der Waals surface area contributed by atoms with E-state index in [2.05, 4.69) is 4.98 Å². The van der Waals surface area contributed by atoms with Crippen LogP contribution in [0.15, 0.2) is 42.7 Å². The fraction of sp³-hybridized carbons (Fsp3) is 0.190. The molecule has 7 nitrogen and oxygen atoms in total. The molecule has 12 heteroatoms. The number of aromatic hydroxyl groups is 2. The molecule has 2 N–H and O–H groups in total. The third-order valence-electron chi connectivity index (χ3n) is 5.33. The van der Waals surface area contributed by atoms with E-state index in [4.69, 9.17) is 0 Å². The Balaban J connectivity index is 1.98. The molecule has 0 aliphatic heterocycles. The first-order valence-corrected chi connectivity index (χ1v) is 11.3. The van der Waals surface area contributed by atoms with Crippen molar-refractivity contribution in [3.8, 4) is 11.6 Å². The SMILES string of the molecule is CN(c1c2cccnc2c(O)c2c(O)n(Cc3ccc(F)c(C(F)(F)F)c3)cc12)S(C)(=O)=O. The van der Waals surface area contributed by atoms with Gasteiger partial charge in [-0.15, -0.1) is 0 Å². The van der Waals surface area contributed by atoms with Gasteiger partial charge in [-0.1, -0.05) is 6.07 Å². The Morgan fingerprint density at radius 2 is 1.85 bits per heavy atom. The summed E-state index contributed by atoms with van der Waals surface area (Å²) in [5, 5.41) is 21.9. The molecule has 0 amide bonds. The van der Waals surface area contributed by atoms with E-state index < -0.39 is 39.2 Å². The second-order valence-electron chi connectivity index (χ2n) is 7.51. The Labute approximate surface area is 185 Å². The zero-order valence-electron chi connectivity index (χ0n) is 17.2. The van der Waals surface area contributed by atoms with Gasteiger partial charge < -0.3 is 14.8 Å². The van der Waals surface area contributed by atoms with Gasteiger partial charge in [-0.3, -0.25) is 9.29 Å². The monoisotopic (exact) mass is 483 g/mol. The minimum Gasteiger partial charge on any atom is -0.505 e. The second kappa shape index (κ2) is 7.51. The van der Waals surface area contributed by atoms with Crippen LogP contribution in [-0.4, -0.2) is 41.5 Å². The van der Waals surface area contributed by atoms with Crippen molar-refractivity contribution in [3.63, 3.8) is 0 Å². The van der Waals surface area contributed by atoms with Crippen molar-refractivity contribution in [1.29, 1.82) is 0 Å². The second-order valence-corrected chi connectivity index (χ2v) is 9.52. The molecule has 0 fully saturated rings. The molecule has 0 saturated carbocycles. The van der Waals surface area contributed by atoms with Crippen LogP contribution in [0.1, 0.15) is 11.1 Å². The maximum Gasteiger partial charge on any atom is 0.419 e. The molecule has 33 heavy (non-hydrogen) atoms. The average Bonchev–Trinajstić information content (AvgIpc) is 3.04. The average molecular weight is 483 g/mol. The van der Waals surface area contributed by atoms with E-state index in [9.17, 15) is 36.2 Å². The molecule has 2 aromatic heterocycles. The third kappa shape index (κ3) is 3.80. The van der Waals surface area contributed by atoms with E-state index in [-0.39, 0.29) is 39.5 Å². The summed E-state index contributed by atoms with van der Waals surface area (Å²) >= 11 is 0. The predicted molar refractivity (Wildman–Crippen MR) is 114 cm³/mol. The van der Waals surface area contributed by atoms with Crippen molar-refractivity contribution in [1.82, 2.24) is 9.55 Å². The topological polar surface area (TPSA) is 95.7 Å². The number of fused-ring (bicyclic) bond motifs is 2. The molecule has 0 aliphatic rings. The van der Waals surface area contributed by atoms with Crippen molar-refractivity contribution in [2.45, 2.75) is 12.7 Å². The molecule has 0 radical (unpaired) electrons. The third-order valence-corrected chi connectivity index (χ3v) is 6.51. The van der Waals surface area contributed by atoms with Gasteiger partial charge in [0, 0.05) is 30.2 Å². The first kappa shape index (κ1) is 22.6. The summed E-state index contributed by atoms with van der Waals surface area (Å²) in [4.78, 5) is 4.08. The minimum atomic E-state index is -4.91. The molecule has 0 unspecified atom stereocenters. The number of pyridine rings is 1. The molecule has 0 atom stereocenters. The van der Waals surface area contributed by atoms with Gasteiger partial charge in [0.2, 0.25) is 15.9 Å². The van der Waals surface area contributed by atoms with Gasteiger partial charge >= 0.3 is 6.18 Å². The fourth-order valence-corrected chi connectivity index (χ4v) is 4.25. The van der Waals surface area contributed by atoms with Crippen LogP contribution in [-0.2, 0) is 22.7 Å². The maximum atomic E-state index is 13.6. The number of halogens is 4. The molecule has 0 spiro atoms. The number of phenolic OH excluding ortho intramolecular Hbond substituents is 1. The van der Waals surface area contributed by atoms with Gasteiger partial charge in [0.1, 0.15) is 11.3 Å². The smallest absolute Gasteiger partial charge is 0.419 e. The summed E-state index contributed by atoms with van der Waals surface area (Å²) in [5.41, 5.74) is -1.27. The van der Waals surface area contributed by atoms with Crippen LogP contribution in [0.2, 0.25) is 0 Å². The Morgan fingerprint density at radius 3 is 2.48 bits per heavy atom. The van der Waals surface area contributed by atoms with Crippen molar-refractivity contribution in [3.05, 3.63) is 59.7 Å². The lowest BCUT2D eigenvalue weighted by molar-refractivity contribution is -0.140. The van der Waals surface area contributed by atoms with Crippen LogP contribution < -0.4 is 4.31 Å². The van der Waals surface area contributed by atoms with E-state index >= 15 is 0 Å². The van der Waals surface area contributed by atoms with Gasteiger partial charge in [0.05, 0.1) is 29.4 Å². The molecular weight excluding hydrogens is 466 g/mol. The molecular formula is C21H17F4N3O4S. The van der Waals surface area contributed by atoms with E-state index in [0.29, 0.717) is 12.1 Å². The number of anilines is 1. The Hall–Kier alpha value is -3.54. The van der Waals surface area contributed by atoms with Crippen LogP contribution in [0.4, 0.5) is 23.2 Å². The maximum absolute atomic E-state index is 13.6. The number of nitrogens with zero attached hydrogens (tertiary/aromatic N) is 3. The molecule has 174 valence electrons. The van der Waals surface area contributed by atoms with E-state index in [0.717, 1.165) is 21.2 Å². The number of hydrogen-bond donors (Lipinski definition) is 2. The standard InChI is InChI=1S/C21H17F4N3O4S/c1-27(33(2,31)32)18-12-4-3-7-26-17(12)19(29)16-13(18)10-28(20(16)30)9-11-5-6-15(22)14(8-11)21(23,24)25/h3-8,10,29-30H,9H2,1-2H3.